The van der Waals surface area contributed by atoms with Crippen LogP contribution in [0, 0.1) is 94.8 Å². The minimum absolute atomic E-state index is 0.314. The van der Waals surface area contributed by atoms with Crippen LogP contribution >= 0.6 is 10.3 Å². The third-order valence-electron chi connectivity index (χ3n) is 16.7. The van der Waals surface area contributed by atoms with E-state index in [4.69, 9.17) is 16.0 Å². The zero-order chi connectivity index (χ0) is 41.1. The Balaban J connectivity index is 0.000000112. The Morgan fingerprint density at radius 1 is 0.322 bits per heavy atom. The molecule has 59 heavy (non-hydrogen) atoms. The van der Waals surface area contributed by atoms with Gasteiger partial charge in [0.15, 0.2) is 0 Å². The molecule has 12 saturated carbocycles. The molecule has 317 valence electrons. The Labute approximate surface area is 371 Å². The molecule has 3 aromatic rings. The summed E-state index contributed by atoms with van der Waals surface area (Å²) in [6.07, 6.45) is 25.8. The molecule has 0 heterocycles. The van der Waals surface area contributed by atoms with Crippen LogP contribution in [0.2, 0.25) is 0 Å². The molecule has 3 nitrogen and oxygen atoms in total. The first-order chi connectivity index (χ1) is 28.3. The van der Waals surface area contributed by atoms with Crippen molar-refractivity contribution in [1.29, 1.82) is 0 Å². The predicted octanol–water partition coefficient (Wildman–Crippen LogP) is 16.5. The first kappa shape index (κ1) is 42.2. The zero-order valence-corrected chi connectivity index (χ0v) is 39.5. The Morgan fingerprint density at radius 2 is 0.475 bits per heavy atom. The monoisotopic (exact) mass is 845 g/mol. The summed E-state index contributed by atoms with van der Waals surface area (Å²) in [5.74, 6) is 8.88. The van der Waals surface area contributed by atoms with Crippen LogP contribution in [0.25, 0.3) is 16.0 Å². The average Bonchev–Trinajstić information content (AvgIpc) is 3.09. The number of rotatable bonds is 6. The van der Waals surface area contributed by atoms with E-state index < -0.39 is 0 Å². The van der Waals surface area contributed by atoms with Crippen LogP contribution in [-0.2, 0) is 15.7 Å². The van der Waals surface area contributed by atoms with Gasteiger partial charge in [-0.2, -0.15) is 0 Å². The molecule has 12 aliphatic rings. The van der Waals surface area contributed by atoms with Crippen molar-refractivity contribution in [3.8, 4) is 0 Å². The molecule has 0 saturated heterocycles. The van der Waals surface area contributed by atoms with E-state index >= 15 is 0 Å². The van der Waals surface area contributed by atoms with Gasteiger partial charge < -0.3 is 16.0 Å². The van der Waals surface area contributed by atoms with Gasteiger partial charge in [0.2, 0.25) is 0 Å². The molecule has 3 aromatic carbocycles. The van der Waals surface area contributed by atoms with Crippen LogP contribution in [0.4, 0.5) is 17.1 Å². The molecule has 12 fully saturated rings. The molecule has 5 heteroatoms. The second-order valence-corrected chi connectivity index (χ2v) is 22.8. The Morgan fingerprint density at radius 3 is 0.627 bits per heavy atom. The van der Waals surface area contributed by atoms with Crippen LogP contribution in [0.3, 0.4) is 0 Å². The summed E-state index contributed by atoms with van der Waals surface area (Å²) >= 11 is 1.90. The summed E-state index contributed by atoms with van der Waals surface area (Å²) in [6, 6.07) is 20.4. The standard InChI is InChI=1S/3C18H24N.S.V/c3*1-12-3-13(2)5-17(4-12)19-18-9-14-6-15(10-18)8-16(7-14)11-18;;/h3*3-5,14-16H,6-11H2,1-2H3;;/q3*-1;;. The van der Waals surface area contributed by atoms with Crippen molar-refractivity contribution in [2.75, 3.05) is 0 Å². The van der Waals surface area contributed by atoms with Crippen molar-refractivity contribution in [3.63, 3.8) is 0 Å². The molecule has 0 atom stereocenters. The van der Waals surface area contributed by atoms with Gasteiger partial charge in [0.05, 0.1) is 0 Å². The summed E-state index contributed by atoms with van der Waals surface area (Å²) < 4.78 is 0. The van der Waals surface area contributed by atoms with Gasteiger partial charge in [0.1, 0.15) is 0 Å². The SMILES string of the molecule is Cc1cc(C)cc([N-]C23CC4CC(CC(C4)C2)C3)c1.Cc1cc(C)cc([N-]C23CC4CC(CC(C4)C2)C3)c1.Cc1cc(C)cc([N-]C23CC4CC(CC(C4)C2)C3)c1.[S]=[V]. The molecular formula is C54H72N3SV-3. The number of nitrogens with zero attached hydrogens (tertiary/aromatic N) is 3. The second-order valence-electron chi connectivity index (χ2n) is 22.8. The molecule has 12 bridgehead atoms. The summed E-state index contributed by atoms with van der Waals surface area (Å²) in [5.41, 5.74) is 12.8. The fraction of sp³-hybridized carbons (Fsp3) is 0.667. The van der Waals surface area contributed by atoms with Crippen LogP contribution in [0.15, 0.2) is 54.6 Å². The zero-order valence-electron chi connectivity index (χ0n) is 37.3. The van der Waals surface area contributed by atoms with E-state index in [9.17, 15) is 0 Å². The summed E-state index contributed by atoms with van der Waals surface area (Å²) in [4.78, 5) is 0. The van der Waals surface area contributed by atoms with Crippen LogP contribution in [-0.4, -0.2) is 16.6 Å². The third kappa shape index (κ3) is 9.61. The molecular weight excluding hydrogens is 774 g/mol. The molecule has 12 aliphatic carbocycles. The summed E-state index contributed by atoms with van der Waals surface area (Å²) in [7, 11) is 4.02. The molecule has 0 spiro atoms. The van der Waals surface area contributed by atoms with Gasteiger partial charge in [0.25, 0.3) is 0 Å². The Kier molecular flexibility index (Phi) is 12.1. The van der Waals surface area contributed by atoms with Gasteiger partial charge >= 0.3 is 26.0 Å². The molecule has 0 aliphatic heterocycles. The maximum atomic E-state index is 5.27. The van der Waals surface area contributed by atoms with Gasteiger partial charge in [-0.1, -0.05) is 146 Å². The number of benzene rings is 3. The molecule has 0 radical (unpaired) electrons. The van der Waals surface area contributed by atoms with E-state index in [-0.39, 0.29) is 0 Å². The molecule has 0 amide bonds. The van der Waals surface area contributed by atoms with Crippen LogP contribution < -0.4 is 0 Å². The number of hydrogen-bond acceptors (Lipinski definition) is 1. The second kappa shape index (κ2) is 16.9. The molecule has 15 rings (SSSR count). The third-order valence-corrected chi connectivity index (χ3v) is 16.7. The van der Waals surface area contributed by atoms with Crippen molar-refractivity contribution >= 4 is 27.3 Å². The topological polar surface area (TPSA) is 42.3 Å². The van der Waals surface area contributed by atoms with Gasteiger partial charge in [0, 0.05) is 0 Å². The number of aryl methyl sites for hydroxylation is 6. The predicted molar refractivity (Wildman–Crippen MR) is 247 cm³/mol. The fourth-order valence-electron chi connectivity index (χ4n) is 16.5. The quantitative estimate of drug-likeness (QED) is 0.244. The number of hydrogen-bond donors (Lipinski definition) is 0. The first-order valence-electron chi connectivity index (χ1n) is 23.9. The minimum atomic E-state index is 0.314. The Hall–Kier alpha value is -2.14. The van der Waals surface area contributed by atoms with Crippen molar-refractivity contribution in [2.45, 2.75) is 174 Å². The molecule has 0 aromatic heterocycles. The van der Waals surface area contributed by atoms with E-state index in [1.807, 2.05) is 15.7 Å². The van der Waals surface area contributed by atoms with E-state index in [0.717, 1.165) is 53.3 Å². The van der Waals surface area contributed by atoms with Crippen LogP contribution in [0.5, 0.6) is 0 Å². The molecule has 0 unspecified atom stereocenters. The summed E-state index contributed by atoms with van der Waals surface area (Å²) in [6.45, 7) is 13.1. The van der Waals surface area contributed by atoms with Crippen molar-refractivity contribution < 1.29 is 15.7 Å². The average molecular weight is 846 g/mol. The van der Waals surface area contributed by atoms with Crippen molar-refractivity contribution in [3.05, 3.63) is 104 Å². The molecule has 0 N–H and O–H groups in total. The van der Waals surface area contributed by atoms with Gasteiger partial charge in [-0.15, -0.1) is 33.7 Å². The van der Waals surface area contributed by atoms with Gasteiger partial charge in [-0.3, -0.25) is 0 Å². The van der Waals surface area contributed by atoms with E-state index in [2.05, 4.69) is 106 Å². The van der Waals surface area contributed by atoms with Crippen molar-refractivity contribution in [1.82, 2.24) is 0 Å². The van der Waals surface area contributed by atoms with E-state index in [1.54, 1.807) is 0 Å². The van der Waals surface area contributed by atoms with Crippen molar-refractivity contribution in [2.24, 2.45) is 53.3 Å². The van der Waals surface area contributed by atoms with Crippen LogP contribution in [0.1, 0.15) is 149 Å². The fourth-order valence-corrected chi connectivity index (χ4v) is 16.5. The normalized spacial score (nSPS) is 38.3. The first-order valence-corrected chi connectivity index (χ1v) is 26.0. The van der Waals surface area contributed by atoms with Gasteiger partial charge in [-0.05, 0) is 153 Å². The van der Waals surface area contributed by atoms with E-state index in [1.165, 1.54) is 166 Å². The Bertz CT molecular complexity index is 1590. The maximum absolute atomic E-state index is 5.27. The summed E-state index contributed by atoms with van der Waals surface area (Å²) in [5, 5.41) is 15.8. The van der Waals surface area contributed by atoms with E-state index in [0.29, 0.717) is 16.6 Å². The van der Waals surface area contributed by atoms with Gasteiger partial charge in [-0.25, -0.2) is 0 Å².